The van der Waals surface area contributed by atoms with Gasteiger partial charge in [0.25, 0.3) is 15.9 Å². The third-order valence-electron chi connectivity index (χ3n) is 5.17. The molecule has 1 N–H and O–H groups in total. The van der Waals surface area contributed by atoms with Gasteiger partial charge in [-0.25, -0.2) is 13.8 Å². The molecule has 0 fully saturated rings. The van der Waals surface area contributed by atoms with Crippen LogP contribution in [0.3, 0.4) is 0 Å². The molecule has 0 aliphatic carbocycles. The molecule has 8 nitrogen and oxygen atoms in total. The first-order chi connectivity index (χ1) is 17.5. The number of amides is 1. The number of carbonyl (C=O) groups is 1. The number of methoxy groups -OCH3 is 2. The molecular weight excluding hydrogens is 511 g/mol. The van der Waals surface area contributed by atoms with Gasteiger partial charge in [0, 0.05) is 6.07 Å². The van der Waals surface area contributed by atoms with Crippen molar-refractivity contribution in [3.63, 3.8) is 0 Å². The Labute approximate surface area is 212 Å². The lowest BCUT2D eigenvalue weighted by atomic mass is 10.1. The third-order valence-corrected chi connectivity index (χ3v) is 6.94. The molecule has 0 spiro atoms. The average Bonchev–Trinajstić information content (AvgIpc) is 2.87. The predicted octanol–water partition coefficient (Wildman–Crippen LogP) is 4.38. The van der Waals surface area contributed by atoms with Crippen LogP contribution < -0.4 is 19.2 Å². The molecule has 3 aromatic rings. The van der Waals surface area contributed by atoms with Crippen LogP contribution in [0.4, 0.5) is 18.9 Å². The van der Waals surface area contributed by atoms with Gasteiger partial charge < -0.3 is 9.47 Å². The SMILES string of the molecule is COc1ccc(S(=O)(=O)N(CC(=O)N/N=C\c2cccc(C(F)(F)F)c2)c2ccc(C)cc2)cc1OC. The predicted molar refractivity (Wildman–Crippen MR) is 132 cm³/mol. The van der Waals surface area contributed by atoms with Crippen molar-refractivity contribution < 1.29 is 35.9 Å². The molecule has 1 amide bonds. The van der Waals surface area contributed by atoms with Gasteiger partial charge in [-0.3, -0.25) is 9.10 Å². The summed E-state index contributed by atoms with van der Waals surface area (Å²) in [5.74, 6) is -0.305. The Kier molecular flexibility index (Phi) is 8.43. The van der Waals surface area contributed by atoms with Crippen molar-refractivity contribution in [2.75, 3.05) is 25.1 Å². The second-order valence-electron chi connectivity index (χ2n) is 7.78. The minimum Gasteiger partial charge on any atom is -0.493 e. The topological polar surface area (TPSA) is 97.3 Å². The van der Waals surface area contributed by atoms with E-state index in [1.807, 2.05) is 6.92 Å². The van der Waals surface area contributed by atoms with Gasteiger partial charge in [-0.2, -0.15) is 18.3 Å². The van der Waals surface area contributed by atoms with Gasteiger partial charge in [0.15, 0.2) is 11.5 Å². The number of hydrazone groups is 1. The Bertz CT molecular complexity index is 1390. The highest BCUT2D eigenvalue weighted by molar-refractivity contribution is 7.92. The number of carbonyl (C=O) groups excluding carboxylic acids is 1. The standard InChI is InChI=1S/C25H24F3N3O5S/c1-17-7-9-20(10-8-17)31(37(33,34)21-11-12-22(35-2)23(14-21)36-3)16-24(32)30-29-15-18-5-4-6-19(13-18)25(26,27)28/h4-15H,16H2,1-3H3,(H,30,32)/b29-15-. The van der Waals surface area contributed by atoms with E-state index in [4.69, 9.17) is 9.47 Å². The summed E-state index contributed by atoms with van der Waals surface area (Å²) < 4.78 is 77.1. The quantitative estimate of drug-likeness (QED) is 0.324. The van der Waals surface area contributed by atoms with Crippen LogP contribution >= 0.6 is 0 Å². The number of benzene rings is 3. The van der Waals surface area contributed by atoms with E-state index in [1.54, 1.807) is 24.3 Å². The first-order valence-electron chi connectivity index (χ1n) is 10.8. The van der Waals surface area contributed by atoms with Crippen LogP contribution in [0, 0.1) is 6.92 Å². The van der Waals surface area contributed by atoms with Crippen LogP contribution in [0.2, 0.25) is 0 Å². The molecule has 0 aliphatic heterocycles. The molecule has 37 heavy (non-hydrogen) atoms. The number of nitrogens with zero attached hydrogens (tertiary/aromatic N) is 2. The maximum absolute atomic E-state index is 13.6. The van der Waals surface area contributed by atoms with Crippen LogP contribution in [0.25, 0.3) is 0 Å². The van der Waals surface area contributed by atoms with Crippen molar-refractivity contribution >= 4 is 27.8 Å². The summed E-state index contributed by atoms with van der Waals surface area (Å²) in [6.07, 6.45) is -3.49. The number of ether oxygens (including phenoxy) is 2. The number of rotatable bonds is 9. The van der Waals surface area contributed by atoms with E-state index < -0.39 is 34.2 Å². The summed E-state index contributed by atoms with van der Waals surface area (Å²) in [4.78, 5) is 12.5. The Morgan fingerprint density at radius 1 is 1.00 bits per heavy atom. The summed E-state index contributed by atoms with van der Waals surface area (Å²) in [5, 5.41) is 3.68. The molecule has 196 valence electrons. The van der Waals surface area contributed by atoms with Gasteiger partial charge in [0.2, 0.25) is 0 Å². The Morgan fingerprint density at radius 2 is 1.68 bits per heavy atom. The normalized spacial score (nSPS) is 11.8. The van der Waals surface area contributed by atoms with Crippen molar-refractivity contribution in [1.82, 2.24) is 5.43 Å². The molecular formula is C25H24F3N3O5S. The number of nitrogens with one attached hydrogen (secondary N) is 1. The smallest absolute Gasteiger partial charge is 0.416 e. The van der Waals surface area contributed by atoms with Crippen LogP contribution in [-0.4, -0.2) is 41.3 Å². The number of anilines is 1. The summed E-state index contributed by atoms with van der Waals surface area (Å²) in [7, 11) is -1.48. The number of sulfonamides is 1. The van der Waals surface area contributed by atoms with Gasteiger partial charge in [-0.15, -0.1) is 0 Å². The first-order valence-corrected chi connectivity index (χ1v) is 12.2. The van der Waals surface area contributed by atoms with Crippen molar-refractivity contribution in [2.24, 2.45) is 5.10 Å². The molecule has 3 aromatic carbocycles. The monoisotopic (exact) mass is 535 g/mol. The lowest BCUT2D eigenvalue weighted by molar-refractivity contribution is -0.137. The van der Waals surface area contributed by atoms with Gasteiger partial charge in [-0.05, 0) is 48.9 Å². The fourth-order valence-corrected chi connectivity index (χ4v) is 4.71. The summed E-state index contributed by atoms with van der Waals surface area (Å²) in [6.45, 7) is 1.17. The molecule has 12 heteroatoms. The fraction of sp³-hybridized carbons (Fsp3) is 0.200. The zero-order chi connectivity index (χ0) is 27.2. The van der Waals surface area contributed by atoms with E-state index in [1.165, 1.54) is 44.6 Å². The second kappa shape index (κ2) is 11.3. The number of halogens is 3. The summed E-state index contributed by atoms with van der Waals surface area (Å²) >= 11 is 0. The maximum atomic E-state index is 13.6. The first kappa shape index (κ1) is 27.5. The molecule has 0 atom stereocenters. The molecule has 0 radical (unpaired) electrons. The van der Waals surface area contributed by atoms with E-state index in [0.717, 1.165) is 28.2 Å². The van der Waals surface area contributed by atoms with Gasteiger partial charge in [-0.1, -0.05) is 29.8 Å². The fourth-order valence-electron chi connectivity index (χ4n) is 3.27. The van der Waals surface area contributed by atoms with Crippen molar-refractivity contribution in [3.05, 3.63) is 83.4 Å². The van der Waals surface area contributed by atoms with E-state index in [2.05, 4.69) is 10.5 Å². The number of hydrogen-bond donors (Lipinski definition) is 1. The lowest BCUT2D eigenvalue weighted by Crippen LogP contribution is -2.39. The van der Waals surface area contributed by atoms with Crippen LogP contribution in [0.1, 0.15) is 16.7 Å². The largest absolute Gasteiger partial charge is 0.493 e. The minimum absolute atomic E-state index is 0.100. The highest BCUT2D eigenvalue weighted by Crippen LogP contribution is 2.32. The highest BCUT2D eigenvalue weighted by atomic mass is 32.2. The summed E-state index contributed by atoms with van der Waals surface area (Å²) in [5.41, 5.74) is 2.49. The Morgan fingerprint density at radius 3 is 2.30 bits per heavy atom. The van der Waals surface area contributed by atoms with E-state index in [0.29, 0.717) is 5.75 Å². The minimum atomic E-state index is -4.53. The molecule has 0 aromatic heterocycles. The molecule has 0 saturated heterocycles. The average molecular weight is 536 g/mol. The number of aryl methyl sites for hydroxylation is 1. The van der Waals surface area contributed by atoms with Crippen LogP contribution in [0.5, 0.6) is 11.5 Å². The van der Waals surface area contributed by atoms with Crippen molar-refractivity contribution in [3.8, 4) is 11.5 Å². The van der Waals surface area contributed by atoms with Gasteiger partial charge >= 0.3 is 6.18 Å². The molecule has 0 heterocycles. The van der Waals surface area contributed by atoms with Gasteiger partial charge in [0.1, 0.15) is 6.54 Å². The van der Waals surface area contributed by atoms with E-state index in [-0.39, 0.29) is 21.9 Å². The maximum Gasteiger partial charge on any atom is 0.416 e. The Balaban J connectivity index is 1.87. The molecule has 0 unspecified atom stereocenters. The number of alkyl halides is 3. The van der Waals surface area contributed by atoms with Crippen molar-refractivity contribution in [1.29, 1.82) is 0 Å². The molecule has 0 saturated carbocycles. The molecule has 3 rings (SSSR count). The number of hydrogen-bond acceptors (Lipinski definition) is 6. The lowest BCUT2D eigenvalue weighted by Gasteiger charge is -2.24. The molecule has 0 aliphatic rings. The third kappa shape index (κ3) is 6.79. The van der Waals surface area contributed by atoms with E-state index >= 15 is 0 Å². The van der Waals surface area contributed by atoms with Crippen LogP contribution in [0.15, 0.2) is 76.7 Å². The van der Waals surface area contributed by atoms with Gasteiger partial charge in [0.05, 0.1) is 36.6 Å². The van der Waals surface area contributed by atoms with E-state index in [9.17, 15) is 26.4 Å². The highest BCUT2D eigenvalue weighted by Gasteiger charge is 2.30. The zero-order valence-corrected chi connectivity index (χ0v) is 20.9. The Hall–Kier alpha value is -4.06. The summed E-state index contributed by atoms with van der Waals surface area (Å²) in [6, 6.07) is 14.9. The molecule has 0 bridgehead atoms. The zero-order valence-electron chi connectivity index (χ0n) is 20.1. The van der Waals surface area contributed by atoms with Crippen LogP contribution in [-0.2, 0) is 21.0 Å². The van der Waals surface area contributed by atoms with Crippen molar-refractivity contribution in [2.45, 2.75) is 18.0 Å². The second-order valence-corrected chi connectivity index (χ2v) is 9.64.